The molecule has 0 saturated heterocycles. The molecule has 47 valence electrons. The van der Waals surface area contributed by atoms with E-state index in [0.29, 0.717) is 0 Å². The van der Waals surface area contributed by atoms with Gasteiger partial charge in [0.15, 0.2) is 0 Å². The van der Waals surface area contributed by atoms with E-state index >= 15 is 0 Å². The molecule has 0 aliphatic heterocycles. The molecule has 0 N–H and O–H groups in total. The molecule has 0 rings (SSSR count). The van der Waals surface area contributed by atoms with Crippen molar-refractivity contribution < 1.29 is 0 Å². The maximum absolute atomic E-state index is 2.36. The van der Waals surface area contributed by atoms with Crippen molar-refractivity contribution in [2.24, 2.45) is 0 Å². The molecule has 0 fully saturated rings. The molecule has 1 radical (unpaired) electrons. The summed E-state index contributed by atoms with van der Waals surface area (Å²) in [5, 5.41) is 0. The van der Waals surface area contributed by atoms with Gasteiger partial charge < -0.3 is 0 Å². The van der Waals surface area contributed by atoms with Crippen LogP contribution in [-0.4, -0.2) is 7.28 Å². The largest absolute Gasteiger partial charge is 0.109 e. The summed E-state index contributed by atoms with van der Waals surface area (Å²) in [6.07, 6.45) is 6.70. The van der Waals surface area contributed by atoms with Crippen LogP contribution >= 0.6 is 0 Å². The zero-order chi connectivity index (χ0) is 6.24. The molecule has 0 amide bonds. The zero-order valence-electron chi connectivity index (χ0n) is 6.11. The van der Waals surface area contributed by atoms with Crippen molar-refractivity contribution >= 4 is 7.28 Å². The topological polar surface area (TPSA) is 0 Å². The molecule has 0 heterocycles. The summed E-state index contributed by atoms with van der Waals surface area (Å²) < 4.78 is 0. The van der Waals surface area contributed by atoms with Crippen molar-refractivity contribution in [1.82, 2.24) is 0 Å². The molecule has 0 atom stereocenters. The smallest absolute Gasteiger partial charge is 0.0831 e. The lowest BCUT2D eigenvalue weighted by Gasteiger charge is -1.92. The van der Waals surface area contributed by atoms with Gasteiger partial charge >= 0.3 is 0 Å². The lowest BCUT2D eigenvalue weighted by atomic mass is 9.70. The van der Waals surface area contributed by atoms with Crippen LogP contribution in [-0.2, 0) is 0 Å². The van der Waals surface area contributed by atoms with E-state index in [1.165, 1.54) is 31.9 Å². The lowest BCUT2D eigenvalue weighted by Crippen LogP contribution is -1.84. The molecule has 1 heteroatoms. The van der Waals surface area contributed by atoms with E-state index in [0.717, 1.165) is 0 Å². The number of rotatable bonds is 5. The van der Waals surface area contributed by atoms with Crippen LogP contribution in [0.1, 0.15) is 33.1 Å². The predicted octanol–water partition coefficient (Wildman–Crippen LogP) is 2.74. The first-order valence-corrected chi connectivity index (χ1v) is 3.73. The highest BCUT2D eigenvalue weighted by atomic mass is 13.8. The Morgan fingerprint density at radius 2 is 1.88 bits per heavy atom. The minimum Gasteiger partial charge on any atom is -0.0831 e. The van der Waals surface area contributed by atoms with Crippen LogP contribution in [0.25, 0.3) is 0 Å². The Bertz CT molecular complexity index is 29.4. The zero-order valence-corrected chi connectivity index (χ0v) is 6.11. The Morgan fingerprint density at radius 1 is 1.12 bits per heavy atom. The van der Waals surface area contributed by atoms with Gasteiger partial charge in [-0.1, -0.05) is 45.8 Å². The molecule has 0 aromatic heterocycles. The van der Waals surface area contributed by atoms with E-state index in [2.05, 4.69) is 21.1 Å². The van der Waals surface area contributed by atoms with E-state index in [9.17, 15) is 0 Å². The van der Waals surface area contributed by atoms with E-state index < -0.39 is 0 Å². The molecular weight excluding hydrogens is 94.9 g/mol. The fourth-order valence-electron chi connectivity index (χ4n) is 0.743. The number of hydrogen-bond acceptors (Lipinski definition) is 0. The van der Waals surface area contributed by atoms with Crippen molar-refractivity contribution in [1.29, 1.82) is 0 Å². The van der Waals surface area contributed by atoms with Gasteiger partial charge in [0.2, 0.25) is 0 Å². The average Bonchev–Trinajstić information content (AvgIpc) is 1.81. The standard InChI is InChI=1S/C7H16B/c1-3-5-6-7-8-4-2/h3-7H2,1-2H3. The molecule has 0 nitrogen and oxygen atoms in total. The first kappa shape index (κ1) is 8.06. The summed E-state index contributed by atoms with van der Waals surface area (Å²) in [5.74, 6) is 0. The van der Waals surface area contributed by atoms with Crippen LogP contribution in [0.2, 0.25) is 12.6 Å². The highest BCUT2D eigenvalue weighted by molar-refractivity contribution is 6.35. The Hall–Kier alpha value is 0.0649. The second-order valence-electron chi connectivity index (χ2n) is 2.19. The molecule has 0 aromatic rings. The van der Waals surface area contributed by atoms with Gasteiger partial charge in [-0.2, -0.15) is 0 Å². The minimum absolute atomic E-state index is 1.24. The fraction of sp³-hybridized carbons (Fsp3) is 1.00. The van der Waals surface area contributed by atoms with Crippen LogP contribution in [0.4, 0.5) is 0 Å². The molecule has 0 aliphatic carbocycles. The van der Waals surface area contributed by atoms with Crippen LogP contribution < -0.4 is 0 Å². The normalized spacial score (nSPS) is 9.25. The minimum atomic E-state index is 1.24. The van der Waals surface area contributed by atoms with Crippen LogP contribution in [0.3, 0.4) is 0 Å². The van der Waals surface area contributed by atoms with Crippen molar-refractivity contribution in [3.05, 3.63) is 0 Å². The first-order chi connectivity index (χ1) is 3.91. The van der Waals surface area contributed by atoms with Gasteiger partial charge in [-0.25, -0.2) is 0 Å². The summed E-state index contributed by atoms with van der Waals surface area (Å²) in [5.41, 5.74) is 0. The van der Waals surface area contributed by atoms with Crippen molar-refractivity contribution in [3.63, 3.8) is 0 Å². The number of unbranched alkanes of at least 4 members (excludes halogenated alkanes) is 2. The van der Waals surface area contributed by atoms with E-state index in [-0.39, 0.29) is 0 Å². The van der Waals surface area contributed by atoms with Crippen molar-refractivity contribution in [3.8, 4) is 0 Å². The quantitative estimate of drug-likeness (QED) is 0.378. The summed E-state index contributed by atoms with van der Waals surface area (Å²) in [6, 6.07) is 0. The third kappa shape index (κ3) is 6.06. The lowest BCUT2D eigenvalue weighted by molar-refractivity contribution is 0.768. The Morgan fingerprint density at radius 3 is 2.38 bits per heavy atom. The van der Waals surface area contributed by atoms with Gasteiger partial charge in [0.25, 0.3) is 0 Å². The highest BCUT2D eigenvalue weighted by Gasteiger charge is 1.85. The van der Waals surface area contributed by atoms with Gasteiger partial charge in [-0.05, 0) is 0 Å². The summed E-state index contributed by atoms with van der Waals surface area (Å²) >= 11 is 0. The van der Waals surface area contributed by atoms with Crippen LogP contribution in [0, 0.1) is 0 Å². The van der Waals surface area contributed by atoms with Gasteiger partial charge in [0, 0.05) is 0 Å². The molecule has 0 aromatic carbocycles. The molecule has 0 spiro atoms. The first-order valence-electron chi connectivity index (χ1n) is 3.73. The van der Waals surface area contributed by atoms with Crippen molar-refractivity contribution in [2.75, 3.05) is 0 Å². The third-order valence-electron chi connectivity index (χ3n) is 1.30. The van der Waals surface area contributed by atoms with Gasteiger partial charge in [-0.15, -0.1) is 0 Å². The summed E-state index contributed by atoms with van der Waals surface area (Å²) in [4.78, 5) is 0. The maximum Gasteiger partial charge on any atom is 0.109 e. The fourth-order valence-corrected chi connectivity index (χ4v) is 0.743. The van der Waals surface area contributed by atoms with Crippen LogP contribution in [0.15, 0.2) is 0 Å². The predicted molar refractivity (Wildman–Crippen MR) is 40.6 cm³/mol. The Labute approximate surface area is 53.9 Å². The summed E-state index contributed by atoms with van der Waals surface area (Å²) in [7, 11) is 2.36. The second kappa shape index (κ2) is 7.06. The molecule has 0 unspecified atom stereocenters. The van der Waals surface area contributed by atoms with Gasteiger partial charge in [-0.3, -0.25) is 0 Å². The molecule has 0 aliphatic rings. The average molecular weight is 111 g/mol. The van der Waals surface area contributed by atoms with Gasteiger partial charge in [0.05, 0.1) is 0 Å². The van der Waals surface area contributed by atoms with E-state index in [1.54, 1.807) is 0 Å². The van der Waals surface area contributed by atoms with E-state index in [1.807, 2.05) is 0 Å². The Balaban J connectivity index is 2.53. The molecule has 0 bridgehead atoms. The monoisotopic (exact) mass is 111 g/mol. The molecule has 8 heavy (non-hydrogen) atoms. The highest BCUT2D eigenvalue weighted by Crippen LogP contribution is 1.98. The van der Waals surface area contributed by atoms with E-state index in [4.69, 9.17) is 0 Å². The Kier molecular flexibility index (Phi) is 7.12. The second-order valence-corrected chi connectivity index (χ2v) is 2.19. The third-order valence-corrected chi connectivity index (χ3v) is 1.30. The van der Waals surface area contributed by atoms with Crippen molar-refractivity contribution in [2.45, 2.75) is 45.8 Å². The molecule has 0 saturated carbocycles. The molecular formula is C7H16B. The summed E-state index contributed by atoms with van der Waals surface area (Å²) in [6.45, 7) is 4.44. The SMILES string of the molecule is CC[B]CCCCC. The van der Waals surface area contributed by atoms with Crippen LogP contribution in [0.5, 0.6) is 0 Å². The number of hydrogen-bond donors (Lipinski definition) is 0. The maximum atomic E-state index is 2.36. The van der Waals surface area contributed by atoms with Gasteiger partial charge in [0.1, 0.15) is 7.28 Å².